The first kappa shape index (κ1) is 21.6. The Morgan fingerprint density at radius 2 is 1.62 bits per heavy atom. The van der Waals surface area contributed by atoms with Crippen LogP contribution in [0.3, 0.4) is 0 Å². The van der Waals surface area contributed by atoms with E-state index in [0.29, 0.717) is 30.0 Å². The van der Waals surface area contributed by atoms with Gasteiger partial charge in [-0.1, -0.05) is 30.3 Å². The highest BCUT2D eigenvalue weighted by atomic mass is 19.3. The number of alkyl halides is 2. The minimum Gasteiger partial charge on any atom is -0.493 e. The minimum atomic E-state index is -2.91. The maximum absolute atomic E-state index is 13.5. The highest BCUT2D eigenvalue weighted by molar-refractivity contribution is 5.95. The number of ether oxygens (including phenoxy) is 3. The Balaban J connectivity index is 1.74. The van der Waals surface area contributed by atoms with Crippen LogP contribution in [0.25, 0.3) is 0 Å². The van der Waals surface area contributed by atoms with Gasteiger partial charge in [-0.05, 0) is 59.5 Å². The summed E-state index contributed by atoms with van der Waals surface area (Å²) in [6.45, 7) is -2.42. The first-order chi connectivity index (χ1) is 15.5. The van der Waals surface area contributed by atoms with Crippen molar-refractivity contribution >= 4 is 5.91 Å². The fourth-order valence-corrected chi connectivity index (χ4v) is 4.10. The van der Waals surface area contributed by atoms with Gasteiger partial charge in [-0.2, -0.15) is 8.78 Å². The molecule has 4 rings (SSSR count). The summed E-state index contributed by atoms with van der Waals surface area (Å²) in [7, 11) is 3.18. The van der Waals surface area contributed by atoms with Crippen LogP contribution in [-0.4, -0.2) is 38.2 Å². The van der Waals surface area contributed by atoms with Gasteiger partial charge in [-0.25, -0.2) is 0 Å². The molecule has 32 heavy (non-hydrogen) atoms. The predicted octanol–water partition coefficient (Wildman–Crippen LogP) is 5.09. The van der Waals surface area contributed by atoms with Crippen LogP contribution < -0.4 is 14.2 Å². The molecule has 0 N–H and O–H groups in total. The van der Waals surface area contributed by atoms with E-state index in [1.165, 1.54) is 24.3 Å². The maximum Gasteiger partial charge on any atom is 0.387 e. The lowest BCUT2D eigenvalue weighted by molar-refractivity contribution is -0.0498. The van der Waals surface area contributed by atoms with Crippen molar-refractivity contribution < 1.29 is 27.8 Å². The Morgan fingerprint density at radius 1 is 0.969 bits per heavy atom. The summed E-state index contributed by atoms with van der Waals surface area (Å²) in [6.07, 6.45) is 0.650. The van der Waals surface area contributed by atoms with Crippen molar-refractivity contribution in [3.8, 4) is 17.2 Å². The van der Waals surface area contributed by atoms with Crippen LogP contribution in [0, 0.1) is 0 Å². The SMILES string of the molecule is COc1cc2c(cc1OC)C(c1ccccc1)N(C(=O)c1ccc(OC(F)F)cc1)CC2. The van der Waals surface area contributed by atoms with E-state index in [0.717, 1.165) is 16.7 Å². The third-order valence-corrected chi connectivity index (χ3v) is 5.58. The fraction of sp³-hybridized carbons (Fsp3) is 0.240. The quantitative estimate of drug-likeness (QED) is 0.537. The molecule has 1 unspecified atom stereocenters. The molecule has 1 heterocycles. The lowest BCUT2D eigenvalue weighted by Crippen LogP contribution is -2.40. The second-order valence-corrected chi connectivity index (χ2v) is 7.37. The second kappa shape index (κ2) is 9.26. The molecule has 7 heteroatoms. The largest absolute Gasteiger partial charge is 0.493 e. The van der Waals surface area contributed by atoms with E-state index in [1.54, 1.807) is 19.1 Å². The van der Waals surface area contributed by atoms with Gasteiger partial charge in [-0.3, -0.25) is 4.79 Å². The van der Waals surface area contributed by atoms with E-state index < -0.39 is 6.61 Å². The first-order valence-electron chi connectivity index (χ1n) is 10.2. The van der Waals surface area contributed by atoms with Crippen molar-refractivity contribution in [3.63, 3.8) is 0 Å². The summed E-state index contributed by atoms with van der Waals surface area (Å²) >= 11 is 0. The van der Waals surface area contributed by atoms with E-state index >= 15 is 0 Å². The molecule has 1 atom stereocenters. The average Bonchev–Trinajstić information content (AvgIpc) is 2.82. The number of halogens is 2. The van der Waals surface area contributed by atoms with E-state index in [1.807, 2.05) is 42.5 Å². The number of hydrogen-bond donors (Lipinski definition) is 0. The molecule has 0 saturated heterocycles. The molecule has 1 aliphatic heterocycles. The topological polar surface area (TPSA) is 48.0 Å². The predicted molar refractivity (Wildman–Crippen MR) is 116 cm³/mol. The number of nitrogens with zero attached hydrogens (tertiary/aromatic N) is 1. The van der Waals surface area contributed by atoms with Gasteiger partial charge in [0.2, 0.25) is 0 Å². The molecule has 0 bridgehead atoms. The van der Waals surface area contributed by atoms with Crippen molar-refractivity contribution in [3.05, 3.63) is 89.0 Å². The maximum atomic E-state index is 13.5. The molecule has 0 fully saturated rings. The van der Waals surface area contributed by atoms with Crippen LogP contribution in [0.1, 0.15) is 33.1 Å². The number of amides is 1. The van der Waals surface area contributed by atoms with Gasteiger partial charge >= 0.3 is 6.61 Å². The molecule has 1 aliphatic rings. The summed E-state index contributed by atoms with van der Waals surface area (Å²) < 4.78 is 40.3. The van der Waals surface area contributed by atoms with Crippen molar-refractivity contribution in [1.82, 2.24) is 4.90 Å². The van der Waals surface area contributed by atoms with Crippen LogP contribution in [0.15, 0.2) is 66.7 Å². The van der Waals surface area contributed by atoms with Gasteiger partial charge in [0.05, 0.1) is 20.3 Å². The molecule has 5 nitrogen and oxygen atoms in total. The zero-order chi connectivity index (χ0) is 22.7. The Morgan fingerprint density at radius 3 is 2.25 bits per heavy atom. The van der Waals surface area contributed by atoms with Gasteiger partial charge in [-0.15, -0.1) is 0 Å². The third-order valence-electron chi connectivity index (χ3n) is 5.58. The number of rotatable bonds is 6. The van der Waals surface area contributed by atoms with Crippen molar-refractivity contribution in [2.45, 2.75) is 19.1 Å². The first-order valence-corrected chi connectivity index (χ1v) is 10.2. The van der Waals surface area contributed by atoms with Gasteiger partial charge in [0.15, 0.2) is 11.5 Å². The monoisotopic (exact) mass is 439 g/mol. The van der Waals surface area contributed by atoms with E-state index in [2.05, 4.69) is 4.74 Å². The molecule has 166 valence electrons. The van der Waals surface area contributed by atoms with Gasteiger partial charge in [0.1, 0.15) is 5.75 Å². The zero-order valence-corrected chi connectivity index (χ0v) is 17.8. The normalized spacial score (nSPS) is 15.3. The molecule has 0 spiro atoms. The van der Waals surface area contributed by atoms with E-state index in [9.17, 15) is 13.6 Å². The van der Waals surface area contributed by atoms with Crippen molar-refractivity contribution in [2.24, 2.45) is 0 Å². The van der Waals surface area contributed by atoms with Gasteiger partial charge in [0.25, 0.3) is 5.91 Å². The molecule has 1 amide bonds. The highest BCUT2D eigenvalue weighted by Gasteiger charge is 2.33. The molecule has 3 aromatic carbocycles. The Hall–Kier alpha value is -3.61. The highest BCUT2D eigenvalue weighted by Crippen LogP contribution is 2.41. The summed E-state index contributed by atoms with van der Waals surface area (Å²) in [5, 5.41) is 0. The molecule has 0 aromatic heterocycles. The molecule has 0 aliphatic carbocycles. The lowest BCUT2D eigenvalue weighted by atomic mass is 9.87. The van der Waals surface area contributed by atoms with Gasteiger partial charge in [0, 0.05) is 12.1 Å². The standard InChI is InChI=1S/C25H23F2NO4/c1-30-21-14-18-12-13-28(24(29)17-8-10-19(11-9-17)32-25(26)27)23(16-6-4-3-5-7-16)20(18)15-22(21)31-2/h3-11,14-15,23,25H,12-13H2,1-2H3. The second-order valence-electron chi connectivity index (χ2n) is 7.37. The van der Waals surface area contributed by atoms with Crippen LogP contribution in [0.5, 0.6) is 17.2 Å². The number of hydrogen-bond acceptors (Lipinski definition) is 4. The Labute approximate surface area is 185 Å². The van der Waals surface area contributed by atoms with Crippen LogP contribution in [-0.2, 0) is 6.42 Å². The summed E-state index contributed by atoms with van der Waals surface area (Å²) in [5.41, 5.74) is 3.41. The number of fused-ring (bicyclic) bond motifs is 1. The van der Waals surface area contributed by atoms with Crippen LogP contribution in [0.4, 0.5) is 8.78 Å². The summed E-state index contributed by atoms with van der Waals surface area (Å²) in [6, 6.07) is 19.1. The van der Waals surface area contributed by atoms with Gasteiger partial charge < -0.3 is 19.1 Å². The van der Waals surface area contributed by atoms with Crippen molar-refractivity contribution in [2.75, 3.05) is 20.8 Å². The third kappa shape index (κ3) is 4.23. The average molecular weight is 439 g/mol. The molecular formula is C25H23F2NO4. The van der Waals surface area contributed by atoms with Crippen LogP contribution >= 0.6 is 0 Å². The minimum absolute atomic E-state index is 0.0111. The molecule has 0 radical (unpaired) electrons. The molecule has 0 saturated carbocycles. The Bertz CT molecular complexity index is 1090. The molecular weight excluding hydrogens is 416 g/mol. The number of methoxy groups -OCH3 is 2. The molecule has 3 aromatic rings. The summed E-state index contributed by atoms with van der Waals surface area (Å²) in [4.78, 5) is 15.3. The van der Waals surface area contributed by atoms with Crippen molar-refractivity contribution in [1.29, 1.82) is 0 Å². The number of benzene rings is 3. The van der Waals surface area contributed by atoms with E-state index in [-0.39, 0.29) is 17.7 Å². The van der Waals surface area contributed by atoms with E-state index in [4.69, 9.17) is 9.47 Å². The van der Waals surface area contributed by atoms with Crippen LogP contribution in [0.2, 0.25) is 0 Å². The zero-order valence-electron chi connectivity index (χ0n) is 17.8. The Kier molecular flexibility index (Phi) is 6.25. The fourth-order valence-electron chi connectivity index (χ4n) is 4.10. The lowest BCUT2D eigenvalue weighted by Gasteiger charge is -2.38. The number of carbonyl (C=O) groups excluding carboxylic acids is 1. The number of carbonyl (C=O) groups is 1. The summed E-state index contributed by atoms with van der Waals surface area (Å²) in [5.74, 6) is 1.06. The smallest absolute Gasteiger partial charge is 0.387 e.